The predicted molar refractivity (Wildman–Crippen MR) is 138 cm³/mol. The molecule has 8 nitrogen and oxygen atoms in total. The van der Waals surface area contributed by atoms with Crippen molar-refractivity contribution in [2.75, 3.05) is 13.7 Å². The highest BCUT2D eigenvalue weighted by Gasteiger charge is 2.67. The first-order valence-corrected chi connectivity index (χ1v) is 14.8. The van der Waals surface area contributed by atoms with Gasteiger partial charge >= 0.3 is 5.97 Å². The Morgan fingerprint density at radius 2 is 1.79 bits per heavy atom. The molecule has 38 heavy (non-hydrogen) atoms. The van der Waals surface area contributed by atoms with Crippen molar-refractivity contribution in [2.45, 2.75) is 121 Å². The van der Waals surface area contributed by atoms with Crippen molar-refractivity contribution in [3.63, 3.8) is 0 Å². The fraction of sp³-hybridized carbons (Fsp3) is 0.900. The molecule has 0 spiro atoms. The molecule has 214 valence electrons. The van der Waals surface area contributed by atoms with Gasteiger partial charge in [-0.05, 0) is 99.4 Å². The highest BCUT2D eigenvalue weighted by Crippen LogP contribution is 2.70. The molecule has 5 fully saturated rings. The summed E-state index contributed by atoms with van der Waals surface area (Å²) in [5.74, 6) is 1.22. The smallest absolute Gasteiger partial charge is 0.331 e. The van der Waals surface area contributed by atoms with Gasteiger partial charge in [0.15, 0.2) is 6.29 Å². The maximum atomic E-state index is 12.4. The lowest BCUT2D eigenvalue weighted by molar-refractivity contribution is -0.313. The molecule has 3 N–H and O–H groups in total. The molecule has 2 aliphatic heterocycles. The second-order valence-electron chi connectivity index (χ2n) is 13.7. The largest absolute Gasteiger partial charge is 0.458 e. The molecule has 4 aliphatic carbocycles. The summed E-state index contributed by atoms with van der Waals surface area (Å²) in [4.78, 5) is 11.8. The van der Waals surface area contributed by atoms with Gasteiger partial charge in [0.2, 0.25) is 0 Å². The van der Waals surface area contributed by atoms with Crippen molar-refractivity contribution in [3.8, 4) is 0 Å². The molecule has 0 aromatic rings. The van der Waals surface area contributed by atoms with Crippen molar-refractivity contribution in [2.24, 2.45) is 34.5 Å². The molecule has 6 rings (SSSR count). The van der Waals surface area contributed by atoms with Crippen LogP contribution in [-0.4, -0.2) is 77.4 Å². The number of hydrogen-bond acceptors (Lipinski definition) is 8. The number of methoxy groups -OCH3 is 1. The highest BCUT2D eigenvalue weighted by atomic mass is 16.7. The zero-order valence-electron chi connectivity index (χ0n) is 23.3. The Balaban J connectivity index is 1.16. The van der Waals surface area contributed by atoms with E-state index in [0.717, 1.165) is 63.4 Å². The Bertz CT molecular complexity index is 968. The number of aliphatic hydroxyl groups is 3. The van der Waals surface area contributed by atoms with E-state index in [1.165, 1.54) is 7.11 Å². The van der Waals surface area contributed by atoms with Crippen LogP contribution < -0.4 is 0 Å². The third kappa shape index (κ3) is 3.88. The van der Waals surface area contributed by atoms with Crippen LogP contribution in [0.25, 0.3) is 0 Å². The summed E-state index contributed by atoms with van der Waals surface area (Å²) in [5, 5.41) is 33.5. The van der Waals surface area contributed by atoms with Crippen molar-refractivity contribution in [3.05, 3.63) is 11.6 Å². The predicted octanol–water partition coefficient (Wildman–Crippen LogP) is 3.11. The maximum Gasteiger partial charge on any atom is 0.331 e. The molecule has 0 aromatic heterocycles. The molecular weight excluding hydrogens is 488 g/mol. The third-order valence-electron chi connectivity index (χ3n) is 12.3. The summed E-state index contributed by atoms with van der Waals surface area (Å²) >= 11 is 0. The molecule has 1 saturated heterocycles. The molecule has 8 heteroatoms. The molecule has 0 bridgehead atoms. The van der Waals surface area contributed by atoms with E-state index in [-0.39, 0.29) is 34.7 Å². The number of esters is 1. The Labute approximate surface area is 226 Å². The molecule has 2 heterocycles. The van der Waals surface area contributed by atoms with E-state index < -0.39 is 36.3 Å². The first-order valence-electron chi connectivity index (χ1n) is 14.8. The van der Waals surface area contributed by atoms with Gasteiger partial charge in [0.1, 0.15) is 24.9 Å². The fourth-order valence-electron chi connectivity index (χ4n) is 10.1. The lowest BCUT2D eigenvalue weighted by Crippen LogP contribution is -2.62. The number of carbonyl (C=O) groups excluding carboxylic acids is 1. The van der Waals surface area contributed by atoms with Crippen molar-refractivity contribution < 1.29 is 39.1 Å². The lowest BCUT2D eigenvalue weighted by Gasteiger charge is -2.64. The number of ether oxygens (including phenoxy) is 4. The van der Waals surface area contributed by atoms with Crippen LogP contribution in [0.1, 0.15) is 78.6 Å². The summed E-state index contributed by atoms with van der Waals surface area (Å²) in [6.45, 7) is 6.87. The van der Waals surface area contributed by atoms with Crippen LogP contribution in [0.5, 0.6) is 0 Å². The van der Waals surface area contributed by atoms with Crippen LogP contribution in [0.2, 0.25) is 0 Å². The minimum Gasteiger partial charge on any atom is -0.458 e. The van der Waals surface area contributed by atoms with Crippen LogP contribution in [0.3, 0.4) is 0 Å². The van der Waals surface area contributed by atoms with Gasteiger partial charge in [-0.2, -0.15) is 0 Å². The number of fused-ring (bicyclic) bond motifs is 5. The minimum atomic E-state index is -1.04. The van der Waals surface area contributed by atoms with Crippen LogP contribution in [0.4, 0.5) is 0 Å². The Morgan fingerprint density at radius 3 is 2.50 bits per heavy atom. The summed E-state index contributed by atoms with van der Waals surface area (Å²) in [7, 11) is 1.49. The maximum absolute atomic E-state index is 12.4. The van der Waals surface area contributed by atoms with E-state index in [4.69, 9.17) is 18.9 Å². The molecule has 13 atom stereocenters. The van der Waals surface area contributed by atoms with E-state index >= 15 is 0 Å². The number of rotatable bonds is 4. The van der Waals surface area contributed by atoms with E-state index in [1.807, 2.05) is 0 Å². The fourth-order valence-corrected chi connectivity index (χ4v) is 10.1. The Morgan fingerprint density at radius 1 is 1.00 bits per heavy atom. The third-order valence-corrected chi connectivity index (χ3v) is 12.3. The Hall–Kier alpha value is -1.03. The van der Waals surface area contributed by atoms with Gasteiger partial charge < -0.3 is 34.3 Å². The zero-order chi connectivity index (χ0) is 27.0. The van der Waals surface area contributed by atoms with Crippen LogP contribution >= 0.6 is 0 Å². The summed E-state index contributed by atoms with van der Waals surface area (Å²) in [6, 6.07) is 0. The normalized spacial score (nSPS) is 54.5. The summed E-state index contributed by atoms with van der Waals surface area (Å²) in [5.41, 5.74) is 0.300. The molecule has 6 aliphatic rings. The van der Waals surface area contributed by atoms with Gasteiger partial charge in [-0.25, -0.2) is 4.79 Å². The highest BCUT2D eigenvalue weighted by molar-refractivity contribution is 5.85. The quantitative estimate of drug-likeness (QED) is 0.372. The number of aliphatic hydroxyl groups excluding tert-OH is 2. The first-order chi connectivity index (χ1) is 18.0. The summed E-state index contributed by atoms with van der Waals surface area (Å²) in [6.07, 6.45) is 6.45. The first kappa shape index (κ1) is 27.2. The second kappa shape index (κ2) is 9.52. The van der Waals surface area contributed by atoms with Gasteiger partial charge in [0.25, 0.3) is 0 Å². The van der Waals surface area contributed by atoms with Gasteiger partial charge in [0, 0.05) is 18.6 Å². The molecule has 0 aromatic carbocycles. The van der Waals surface area contributed by atoms with Crippen molar-refractivity contribution in [1.29, 1.82) is 0 Å². The minimum absolute atomic E-state index is 0.0103. The molecule has 0 radical (unpaired) electrons. The van der Waals surface area contributed by atoms with Crippen LogP contribution in [-0.2, 0) is 23.7 Å². The standard InChI is InChI=1S/C30H46O8/c1-16-24(32)26(35-4)25(33)27(37-16)38-19-7-10-28(2)18(14-19)5-6-22-21(28)8-11-29(3)20(9-12-30(22,29)34)17-13-23(31)36-15-17/h13,16,18-22,24-27,32-34H,5-12,14-15H2,1-4H3/t16-,18-,19+,20?,21?,22?,24+,25-,26-,27+,28+,29-,30+/m1/s1. The van der Waals surface area contributed by atoms with Crippen molar-refractivity contribution in [1.82, 2.24) is 0 Å². The van der Waals surface area contributed by atoms with E-state index in [1.54, 1.807) is 13.0 Å². The topological polar surface area (TPSA) is 115 Å². The average molecular weight is 535 g/mol. The van der Waals surface area contributed by atoms with Gasteiger partial charge in [-0.15, -0.1) is 0 Å². The van der Waals surface area contributed by atoms with Gasteiger partial charge in [-0.3, -0.25) is 0 Å². The Kier molecular flexibility index (Phi) is 6.80. The van der Waals surface area contributed by atoms with Gasteiger partial charge in [-0.1, -0.05) is 13.8 Å². The van der Waals surface area contributed by atoms with Crippen molar-refractivity contribution >= 4 is 5.97 Å². The average Bonchev–Trinajstić information content (AvgIpc) is 3.43. The molecule has 4 saturated carbocycles. The van der Waals surface area contributed by atoms with Crippen LogP contribution in [0.15, 0.2) is 11.6 Å². The summed E-state index contributed by atoms with van der Waals surface area (Å²) < 4.78 is 22.8. The second-order valence-corrected chi connectivity index (χ2v) is 13.7. The van der Waals surface area contributed by atoms with E-state index in [2.05, 4.69) is 13.8 Å². The van der Waals surface area contributed by atoms with E-state index in [9.17, 15) is 20.1 Å². The lowest BCUT2D eigenvalue weighted by atomic mass is 9.43. The monoisotopic (exact) mass is 534 g/mol. The number of carbonyl (C=O) groups is 1. The SMILES string of the molecule is CO[C@@H]1[C@@H](O)[C@@H](C)O[C@@H](O[C@H]2CC[C@]3(C)C4CC[C@]5(C)C(C6=CC(=O)OC6)CC[C@]5(O)C4CC[C@@H]3C2)[C@@H]1O. The molecule has 0 amide bonds. The van der Waals surface area contributed by atoms with E-state index in [0.29, 0.717) is 18.4 Å². The van der Waals surface area contributed by atoms with Crippen LogP contribution in [0, 0.1) is 34.5 Å². The zero-order valence-corrected chi connectivity index (χ0v) is 23.3. The van der Waals surface area contributed by atoms with Gasteiger partial charge in [0.05, 0.1) is 17.8 Å². The molecular formula is C30H46O8. The molecule has 3 unspecified atom stereocenters. The number of cyclic esters (lactones) is 1. The number of hydrogen-bond donors (Lipinski definition) is 3.